The lowest BCUT2D eigenvalue weighted by Crippen LogP contribution is -1.97. The third-order valence-corrected chi connectivity index (χ3v) is 2.29. The van der Waals surface area contributed by atoms with Crippen molar-refractivity contribution in [2.45, 2.75) is 20.3 Å². The first-order chi connectivity index (χ1) is 8.17. The maximum atomic E-state index is 11.0. The Morgan fingerprint density at radius 1 is 1.41 bits per heavy atom. The summed E-state index contributed by atoms with van der Waals surface area (Å²) in [7, 11) is 1.36. The monoisotopic (exact) mass is 234 g/mol. The normalized spacial score (nSPS) is 10.5. The van der Waals surface area contributed by atoms with Crippen molar-refractivity contribution in [3.8, 4) is 5.75 Å². The largest absolute Gasteiger partial charge is 0.493 e. The number of methoxy groups -OCH3 is 1. The number of carbonyl (C=O) groups excluding carboxylic acids is 1. The molecule has 0 aromatic heterocycles. The van der Waals surface area contributed by atoms with E-state index in [1.807, 2.05) is 25.1 Å². The number of aryl methyl sites for hydroxylation is 1. The standard InChI is InChI=1S/C14H18O3/c1-4-9-17-13-10-12(6-5-11(13)2)7-8-14(15)16-3/h5-8,10H,4,9H2,1-3H3. The number of carbonyl (C=O) groups is 1. The number of hydrogen-bond donors (Lipinski definition) is 0. The van der Waals surface area contributed by atoms with Crippen molar-refractivity contribution >= 4 is 12.0 Å². The first kappa shape index (κ1) is 13.3. The Labute approximate surface area is 102 Å². The molecule has 0 aliphatic carbocycles. The smallest absolute Gasteiger partial charge is 0.330 e. The Kier molecular flexibility index (Phi) is 5.27. The van der Waals surface area contributed by atoms with Crippen molar-refractivity contribution in [2.75, 3.05) is 13.7 Å². The lowest BCUT2D eigenvalue weighted by molar-refractivity contribution is -0.134. The molecule has 1 aromatic carbocycles. The summed E-state index contributed by atoms with van der Waals surface area (Å²) < 4.78 is 10.1. The molecule has 1 rings (SSSR count). The summed E-state index contributed by atoms with van der Waals surface area (Å²) in [6, 6.07) is 5.83. The summed E-state index contributed by atoms with van der Waals surface area (Å²) >= 11 is 0. The van der Waals surface area contributed by atoms with E-state index in [-0.39, 0.29) is 5.97 Å². The average Bonchev–Trinajstić information content (AvgIpc) is 2.35. The van der Waals surface area contributed by atoms with Crippen LogP contribution in [0.3, 0.4) is 0 Å². The minimum absolute atomic E-state index is 0.360. The SMILES string of the molecule is CCCOc1cc(C=CC(=O)OC)ccc1C. The van der Waals surface area contributed by atoms with E-state index in [1.54, 1.807) is 6.08 Å². The molecule has 17 heavy (non-hydrogen) atoms. The Morgan fingerprint density at radius 3 is 2.82 bits per heavy atom. The van der Waals surface area contributed by atoms with Crippen LogP contribution >= 0.6 is 0 Å². The summed E-state index contributed by atoms with van der Waals surface area (Å²) in [6.45, 7) is 4.76. The summed E-state index contributed by atoms with van der Waals surface area (Å²) in [4.78, 5) is 11.0. The van der Waals surface area contributed by atoms with E-state index < -0.39 is 0 Å². The highest BCUT2D eigenvalue weighted by Gasteiger charge is 2.00. The molecule has 92 valence electrons. The molecule has 0 fully saturated rings. The number of hydrogen-bond acceptors (Lipinski definition) is 3. The van der Waals surface area contributed by atoms with E-state index in [9.17, 15) is 4.79 Å². The maximum absolute atomic E-state index is 11.0. The Balaban J connectivity index is 2.80. The van der Waals surface area contributed by atoms with Crippen molar-refractivity contribution in [1.29, 1.82) is 0 Å². The van der Waals surface area contributed by atoms with Gasteiger partial charge in [-0.05, 0) is 36.6 Å². The third-order valence-electron chi connectivity index (χ3n) is 2.29. The van der Waals surface area contributed by atoms with E-state index in [0.717, 1.165) is 23.3 Å². The fourth-order valence-corrected chi connectivity index (χ4v) is 1.32. The minimum Gasteiger partial charge on any atom is -0.493 e. The zero-order valence-corrected chi connectivity index (χ0v) is 10.5. The van der Waals surface area contributed by atoms with Crippen LogP contribution in [0.2, 0.25) is 0 Å². The van der Waals surface area contributed by atoms with E-state index >= 15 is 0 Å². The van der Waals surface area contributed by atoms with Crippen LogP contribution in [0, 0.1) is 6.92 Å². The van der Waals surface area contributed by atoms with Crippen LogP contribution in [0.4, 0.5) is 0 Å². The summed E-state index contributed by atoms with van der Waals surface area (Å²) in [5.41, 5.74) is 2.01. The van der Waals surface area contributed by atoms with Crippen LogP contribution in [0.5, 0.6) is 5.75 Å². The zero-order valence-electron chi connectivity index (χ0n) is 10.5. The number of esters is 1. The number of benzene rings is 1. The molecular formula is C14H18O3. The predicted octanol–water partition coefficient (Wildman–Crippen LogP) is 2.97. The lowest BCUT2D eigenvalue weighted by Gasteiger charge is -2.08. The average molecular weight is 234 g/mol. The van der Waals surface area contributed by atoms with Gasteiger partial charge >= 0.3 is 5.97 Å². The highest BCUT2D eigenvalue weighted by atomic mass is 16.5. The van der Waals surface area contributed by atoms with E-state index in [0.29, 0.717) is 6.61 Å². The summed E-state index contributed by atoms with van der Waals surface area (Å²) in [6.07, 6.45) is 4.08. The van der Waals surface area contributed by atoms with E-state index in [4.69, 9.17) is 4.74 Å². The van der Waals surface area contributed by atoms with Gasteiger partial charge in [0, 0.05) is 6.08 Å². The second-order valence-electron chi connectivity index (χ2n) is 3.73. The zero-order chi connectivity index (χ0) is 12.7. The molecule has 0 amide bonds. The lowest BCUT2D eigenvalue weighted by atomic mass is 10.1. The van der Waals surface area contributed by atoms with Gasteiger partial charge in [0.2, 0.25) is 0 Å². The first-order valence-electron chi connectivity index (χ1n) is 5.67. The van der Waals surface area contributed by atoms with Crippen LogP contribution < -0.4 is 4.74 Å². The van der Waals surface area contributed by atoms with Gasteiger partial charge < -0.3 is 9.47 Å². The third kappa shape index (κ3) is 4.31. The highest BCUT2D eigenvalue weighted by Crippen LogP contribution is 2.20. The maximum Gasteiger partial charge on any atom is 0.330 e. The van der Waals surface area contributed by atoms with Crippen LogP contribution in [0.25, 0.3) is 6.08 Å². The molecule has 0 bridgehead atoms. The summed E-state index contributed by atoms with van der Waals surface area (Å²) in [5.74, 6) is 0.500. The van der Waals surface area contributed by atoms with Gasteiger partial charge in [-0.1, -0.05) is 19.1 Å². The van der Waals surface area contributed by atoms with Gasteiger partial charge in [0.1, 0.15) is 5.75 Å². The molecular weight excluding hydrogens is 216 g/mol. The molecule has 0 N–H and O–H groups in total. The summed E-state index contributed by atoms with van der Waals surface area (Å²) in [5, 5.41) is 0. The van der Waals surface area contributed by atoms with Crippen LogP contribution in [0.15, 0.2) is 24.3 Å². The topological polar surface area (TPSA) is 35.5 Å². The van der Waals surface area contributed by atoms with Gasteiger partial charge in [-0.2, -0.15) is 0 Å². The van der Waals surface area contributed by atoms with Crippen molar-refractivity contribution in [3.05, 3.63) is 35.4 Å². The Hall–Kier alpha value is -1.77. The molecule has 3 heteroatoms. The molecule has 3 nitrogen and oxygen atoms in total. The quantitative estimate of drug-likeness (QED) is 0.580. The first-order valence-corrected chi connectivity index (χ1v) is 5.67. The van der Waals surface area contributed by atoms with Gasteiger partial charge in [-0.3, -0.25) is 0 Å². The van der Waals surface area contributed by atoms with Crippen molar-refractivity contribution in [1.82, 2.24) is 0 Å². The fraction of sp³-hybridized carbons (Fsp3) is 0.357. The van der Waals surface area contributed by atoms with Crippen molar-refractivity contribution < 1.29 is 14.3 Å². The van der Waals surface area contributed by atoms with Gasteiger partial charge in [0.25, 0.3) is 0 Å². The number of rotatable bonds is 5. The van der Waals surface area contributed by atoms with Gasteiger partial charge in [0.15, 0.2) is 0 Å². The van der Waals surface area contributed by atoms with Gasteiger partial charge in [-0.25, -0.2) is 4.79 Å². The molecule has 1 aromatic rings. The molecule has 0 aliphatic rings. The fourth-order valence-electron chi connectivity index (χ4n) is 1.32. The molecule has 0 spiro atoms. The molecule has 0 radical (unpaired) electrons. The Bertz CT molecular complexity index is 408. The van der Waals surface area contributed by atoms with Crippen molar-refractivity contribution in [3.63, 3.8) is 0 Å². The molecule has 0 atom stereocenters. The molecule has 0 saturated carbocycles. The second-order valence-corrected chi connectivity index (χ2v) is 3.73. The van der Waals surface area contributed by atoms with E-state index in [2.05, 4.69) is 11.7 Å². The van der Waals surface area contributed by atoms with E-state index in [1.165, 1.54) is 13.2 Å². The minimum atomic E-state index is -0.360. The van der Waals surface area contributed by atoms with Crippen LogP contribution in [0.1, 0.15) is 24.5 Å². The highest BCUT2D eigenvalue weighted by molar-refractivity contribution is 5.87. The van der Waals surface area contributed by atoms with Crippen molar-refractivity contribution in [2.24, 2.45) is 0 Å². The number of ether oxygens (including phenoxy) is 2. The van der Waals surface area contributed by atoms with Crippen LogP contribution in [-0.2, 0) is 9.53 Å². The van der Waals surface area contributed by atoms with Crippen LogP contribution in [-0.4, -0.2) is 19.7 Å². The Morgan fingerprint density at radius 2 is 2.18 bits per heavy atom. The molecule has 0 aliphatic heterocycles. The molecule has 0 saturated heterocycles. The second kappa shape index (κ2) is 6.74. The van der Waals surface area contributed by atoms with Gasteiger partial charge in [-0.15, -0.1) is 0 Å². The predicted molar refractivity (Wildman–Crippen MR) is 68.0 cm³/mol. The van der Waals surface area contributed by atoms with Gasteiger partial charge in [0.05, 0.1) is 13.7 Å². The molecule has 0 heterocycles. The molecule has 0 unspecified atom stereocenters.